The fourth-order valence-corrected chi connectivity index (χ4v) is 3.79. The van der Waals surface area contributed by atoms with Crippen molar-refractivity contribution in [1.29, 1.82) is 0 Å². The molecule has 0 aromatic heterocycles. The molecule has 3 aromatic carbocycles. The molecule has 1 saturated heterocycles. The van der Waals surface area contributed by atoms with E-state index in [1.807, 2.05) is 24.3 Å². The summed E-state index contributed by atoms with van der Waals surface area (Å²) >= 11 is 0. The van der Waals surface area contributed by atoms with Crippen LogP contribution in [0.1, 0.15) is 24.8 Å². The van der Waals surface area contributed by atoms with Crippen LogP contribution in [0, 0.1) is 12.7 Å². The van der Waals surface area contributed by atoms with Crippen LogP contribution < -0.4 is 20.5 Å². The molecule has 1 aliphatic heterocycles. The van der Waals surface area contributed by atoms with E-state index in [1.54, 1.807) is 17.1 Å². The summed E-state index contributed by atoms with van der Waals surface area (Å²) in [6, 6.07) is 19.9. The molecule has 150 valence electrons. The molecule has 0 bridgehead atoms. The number of hydrazine groups is 1. The zero-order valence-corrected chi connectivity index (χ0v) is 16.6. The molecule has 5 heteroatoms. The molecule has 29 heavy (non-hydrogen) atoms. The summed E-state index contributed by atoms with van der Waals surface area (Å²) in [7, 11) is 0. The van der Waals surface area contributed by atoms with Gasteiger partial charge in [0.15, 0.2) is 0 Å². The Kier molecular flexibility index (Phi) is 5.67. The topological polar surface area (TPSA) is 41.7 Å². The molecule has 0 amide bonds. The van der Waals surface area contributed by atoms with Gasteiger partial charge in [-0.15, -0.1) is 0 Å². The van der Waals surface area contributed by atoms with E-state index < -0.39 is 0 Å². The van der Waals surface area contributed by atoms with Gasteiger partial charge in [0.25, 0.3) is 0 Å². The van der Waals surface area contributed by atoms with Gasteiger partial charge in [0.1, 0.15) is 17.3 Å². The number of ether oxygens (including phenoxy) is 1. The molecule has 3 aromatic rings. The van der Waals surface area contributed by atoms with E-state index in [0.717, 1.165) is 30.0 Å². The SMILES string of the molecule is Cc1cccc(N2CCCCC2)c1N(N)c1ccc(Oc2ccc(F)cc2)cc1. The summed E-state index contributed by atoms with van der Waals surface area (Å²) in [6.07, 6.45) is 3.72. The van der Waals surface area contributed by atoms with Crippen LogP contribution in [0.4, 0.5) is 21.5 Å². The minimum atomic E-state index is -0.283. The van der Waals surface area contributed by atoms with Crippen molar-refractivity contribution in [3.05, 3.63) is 78.1 Å². The Morgan fingerprint density at radius 3 is 2.14 bits per heavy atom. The monoisotopic (exact) mass is 391 g/mol. The second-order valence-electron chi connectivity index (χ2n) is 7.41. The fraction of sp³-hybridized carbons (Fsp3) is 0.250. The van der Waals surface area contributed by atoms with E-state index in [9.17, 15) is 4.39 Å². The number of hydrogen-bond donors (Lipinski definition) is 1. The largest absolute Gasteiger partial charge is 0.457 e. The second kappa shape index (κ2) is 8.53. The summed E-state index contributed by atoms with van der Waals surface area (Å²) in [5, 5.41) is 1.75. The average molecular weight is 391 g/mol. The highest BCUT2D eigenvalue weighted by atomic mass is 19.1. The molecule has 2 N–H and O–H groups in total. The Labute approximate surface area is 171 Å². The van der Waals surface area contributed by atoms with Crippen LogP contribution in [-0.4, -0.2) is 13.1 Å². The number of hydrogen-bond acceptors (Lipinski definition) is 4. The van der Waals surface area contributed by atoms with E-state index in [4.69, 9.17) is 10.6 Å². The Morgan fingerprint density at radius 2 is 1.48 bits per heavy atom. The number of piperidine rings is 1. The number of anilines is 3. The molecule has 0 atom stereocenters. The molecule has 1 fully saturated rings. The van der Waals surface area contributed by atoms with E-state index in [-0.39, 0.29) is 5.82 Å². The maximum Gasteiger partial charge on any atom is 0.127 e. The van der Waals surface area contributed by atoms with Crippen LogP contribution in [0.5, 0.6) is 11.5 Å². The predicted molar refractivity (Wildman–Crippen MR) is 116 cm³/mol. The van der Waals surface area contributed by atoms with Gasteiger partial charge in [-0.2, -0.15) is 0 Å². The quantitative estimate of drug-likeness (QED) is 0.432. The van der Waals surface area contributed by atoms with Crippen molar-refractivity contribution in [3.8, 4) is 11.5 Å². The smallest absolute Gasteiger partial charge is 0.127 e. The van der Waals surface area contributed by atoms with Crippen molar-refractivity contribution in [1.82, 2.24) is 0 Å². The summed E-state index contributed by atoms with van der Waals surface area (Å²) in [4.78, 5) is 2.43. The lowest BCUT2D eigenvalue weighted by atomic mass is 10.1. The number of nitrogens with zero attached hydrogens (tertiary/aromatic N) is 2. The summed E-state index contributed by atoms with van der Waals surface area (Å²) < 4.78 is 18.8. The molecule has 1 aliphatic rings. The molecule has 0 unspecified atom stereocenters. The van der Waals surface area contributed by atoms with Crippen LogP contribution in [0.2, 0.25) is 0 Å². The summed E-state index contributed by atoms with van der Waals surface area (Å²) in [6.45, 7) is 4.22. The Morgan fingerprint density at radius 1 is 0.862 bits per heavy atom. The molecular weight excluding hydrogens is 365 g/mol. The molecular formula is C24H26FN3O. The number of halogens is 1. The molecule has 0 spiro atoms. The highest BCUT2D eigenvalue weighted by Gasteiger charge is 2.19. The third-order valence-corrected chi connectivity index (χ3v) is 5.32. The van der Waals surface area contributed by atoms with Crippen molar-refractivity contribution < 1.29 is 9.13 Å². The Hall–Kier alpha value is -3.05. The van der Waals surface area contributed by atoms with Gasteiger partial charge in [0.2, 0.25) is 0 Å². The number of aryl methyl sites for hydroxylation is 1. The van der Waals surface area contributed by atoms with Gasteiger partial charge >= 0.3 is 0 Å². The highest BCUT2D eigenvalue weighted by molar-refractivity contribution is 5.79. The van der Waals surface area contributed by atoms with E-state index in [1.165, 1.54) is 37.1 Å². The van der Waals surface area contributed by atoms with Gasteiger partial charge in [-0.05, 0) is 86.3 Å². The molecule has 0 radical (unpaired) electrons. The van der Waals surface area contributed by atoms with E-state index in [2.05, 4.69) is 30.0 Å². The van der Waals surface area contributed by atoms with Gasteiger partial charge in [0.05, 0.1) is 17.1 Å². The number of nitrogens with two attached hydrogens (primary N) is 1. The first-order valence-electron chi connectivity index (χ1n) is 10.0. The normalized spacial score (nSPS) is 14.0. The van der Waals surface area contributed by atoms with Crippen LogP contribution >= 0.6 is 0 Å². The van der Waals surface area contributed by atoms with Gasteiger partial charge in [-0.3, -0.25) is 5.01 Å². The third kappa shape index (κ3) is 4.35. The average Bonchev–Trinajstić information content (AvgIpc) is 2.76. The first kappa shape index (κ1) is 19.3. The zero-order chi connectivity index (χ0) is 20.2. The van der Waals surface area contributed by atoms with Gasteiger partial charge in [0, 0.05) is 13.1 Å². The lowest BCUT2D eigenvalue weighted by molar-refractivity contribution is 0.480. The van der Waals surface area contributed by atoms with Gasteiger partial charge < -0.3 is 9.64 Å². The van der Waals surface area contributed by atoms with Crippen LogP contribution in [0.25, 0.3) is 0 Å². The second-order valence-corrected chi connectivity index (χ2v) is 7.41. The lowest BCUT2D eigenvalue weighted by Gasteiger charge is -2.33. The maximum absolute atomic E-state index is 13.0. The molecule has 0 aliphatic carbocycles. The van der Waals surface area contributed by atoms with E-state index >= 15 is 0 Å². The van der Waals surface area contributed by atoms with Crippen molar-refractivity contribution in [2.24, 2.45) is 5.84 Å². The third-order valence-electron chi connectivity index (χ3n) is 5.32. The lowest BCUT2D eigenvalue weighted by Crippen LogP contribution is -2.33. The number of benzene rings is 3. The van der Waals surface area contributed by atoms with Crippen LogP contribution in [-0.2, 0) is 0 Å². The predicted octanol–water partition coefficient (Wildman–Crippen LogP) is 5.93. The van der Waals surface area contributed by atoms with Crippen molar-refractivity contribution in [2.75, 3.05) is 23.0 Å². The van der Waals surface area contributed by atoms with E-state index in [0.29, 0.717) is 11.5 Å². The summed E-state index contributed by atoms with van der Waals surface area (Å²) in [5.41, 5.74) is 4.23. The van der Waals surface area contributed by atoms with Crippen molar-refractivity contribution in [2.45, 2.75) is 26.2 Å². The van der Waals surface area contributed by atoms with Crippen LogP contribution in [0.3, 0.4) is 0 Å². The molecule has 4 nitrogen and oxygen atoms in total. The highest BCUT2D eigenvalue weighted by Crippen LogP contribution is 2.37. The fourth-order valence-electron chi connectivity index (χ4n) is 3.79. The number of para-hydroxylation sites is 1. The minimum Gasteiger partial charge on any atom is -0.457 e. The van der Waals surface area contributed by atoms with Gasteiger partial charge in [-0.25, -0.2) is 10.2 Å². The zero-order valence-electron chi connectivity index (χ0n) is 16.6. The van der Waals surface area contributed by atoms with Crippen molar-refractivity contribution in [3.63, 3.8) is 0 Å². The Bertz CT molecular complexity index is 951. The Balaban J connectivity index is 1.56. The molecule has 0 saturated carbocycles. The minimum absolute atomic E-state index is 0.283. The number of rotatable bonds is 5. The molecule has 1 heterocycles. The summed E-state index contributed by atoms with van der Waals surface area (Å²) in [5.74, 6) is 7.55. The first-order chi connectivity index (χ1) is 14.1. The van der Waals surface area contributed by atoms with Gasteiger partial charge in [-0.1, -0.05) is 12.1 Å². The maximum atomic E-state index is 13.0. The standard InChI is InChI=1S/C24H26FN3O/c1-18-6-5-7-23(27-16-3-2-4-17-27)24(18)28(26)20-10-14-22(15-11-20)29-21-12-8-19(25)9-13-21/h5-15H,2-4,16-17,26H2,1H3. The molecule has 4 rings (SSSR count). The van der Waals surface area contributed by atoms with Crippen molar-refractivity contribution >= 4 is 17.1 Å². The van der Waals surface area contributed by atoms with Crippen LogP contribution in [0.15, 0.2) is 66.7 Å². The first-order valence-corrected chi connectivity index (χ1v) is 10.0.